The Labute approximate surface area is 185 Å². The predicted molar refractivity (Wildman–Crippen MR) is 112 cm³/mol. The lowest BCUT2D eigenvalue weighted by atomic mass is 9.95. The number of amides is 2. The van der Waals surface area contributed by atoms with Crippen LogP contribution in [0.25, 0.3) is 0 Å². The number of carbonyl (C=O) groups is 2. The summed E-state index contributed by atoms with van der Waals surface area (Å²) in [4.78, 5) is 37.7. The molecule has 1 N–H and O–H groups in total. The molecule has 2 amide bonds. The Morgan fingerprint density at radius 1 is 1.06 bits per heavy atom. The second-order valence-electron chi connectivity index (χ2n) is 7.09. The number of carbonyl (C=O) groups excluding carboxylic acids is 2. The monoisotopic (exact) mass is 457 g/mol. The number of nitro benzene ring substituents is 1. The SMILES string of the molecule is O=C1CN(C(=O)c2ccc(Cl)c([N+](=O)[O-])c2)C(c2ccc(F)cc2)c2cc(F)ccc2N1. The third kappa shape index (κ3) is 4.02. The Kier molecular flexibility index (Phi) is 5.58. The minimum absolute atomic E-state index is 0.0825. The summed E-state index contributed by atoms with van der Waals surface area (Å²) >= 11 is 5.85. The average molecular weight is 458 g/mol. The Morgan fingerprint density at radius 3 is 2.44 bits per heavy atom. The third-order valence-corrected chi connectivity index (χ3v) is 5.36. The van der Waals surface area contributed by atoms with E-state index in [4.69, 9.17) is 11.6 Å². The van der Waals surface area contributed by atoms with Crippen molar-refractivity contribution in [1.82, 2.24) is 4.90 Å². The van der Waals surface area contributed by atoms with Crippen molar-refractivity contribution in [2.24, 2.45) is 0 Å². The molecule has 0 bridgehead atoms. The first-order valence-electron chi connectivity index (χ1n) is 9.34. The van der Waals surface area contributed by atoms with Crippen molar-refractivity contribution in [3.63, 3.8) is 0 Å². The van der Waals surface area contributed by atoms with Crippen LogP contribution in [0.2, 0.25) is 5.02 Å². The molecule has 3 aromatic rings. The number of benzene rings is 3. The molecular formula is C22H14ClF2N3O4. The van der Waals surface area contributed by atoms with Gasteiger partial charge in [-0.15, -0.1) is 0 Å². The van der Waals surface area contributed by atoms with Gasteiger partial charge in [0, 0.05) is 22.9 Å². The van der Waals surface area contributed by atoms with Crippen molar-refractivity contribution >= 4 is 34.8 Å². The molecule has 10 heteroatoms. The lowest BCUT2D eigenvalue weighted by Gasteiger charge is -2.30. The summed E-state index contributed by atoms with van der Waals surface area (Å²) in [7, 11) is 0. The fourth-order valence-electron chi connectivity index (χ4n) is 3.62. The summed E-state index contributed by atoms with van der Waals surface area (Å²) in [6.07, 6.45) is 0. The summed E-state index contributed by atoms with van der Waals surface area (Å²) < 4.78 is 27.7. The quantitative estimate of drug-likeness (QED) is 0.455. The molecule has 0 spiro atoms. The number of nitrogens with zero attached hydrogens (tertiary/aromatic N) is 2. The van der Waals surface area contributed by atoms with Crippen LogP contribution in [0.4, 0.5) is 20.2 Å². The average Bonchev–Trinajstić information content (AvgIpc) is 2.89. The fourth-order valence-corrected chi connectivity index (χ4v) is 3.81. The van der Waals surface area contributed by atoms with Crippen LogP contribution in [-0.4, -0.2) is 28.2 Å². The number of rotatable bonds is 3. The van der Waals surface area contributed by atoms with Crippen LogP contribution in [0.3, 0.4) is 0 Å². The summed E-state index contributed by atoms with van der Waals surface area (Å²) in [6.45, 7) is -0.423. The van der Waals surface area contributed by atoms with Gasteiger partial charge in [0.25, 0.3) is 11.6 Å². The van der Waals surface area contributed by atoms with Gasteiger partial charge >= 0.3 is 0 Å². The standard InChI is InChI=1S/C22H14ClF2N3O4/c23-17-7-3-13(9-19(17)28(31)32)22(30)27-11-20(29)26-18-8-6-15(25)10-16(18)21(27)12-1-4-14(24)5-2-12/h1-10,21H,11H2,(H,26,29). The maximum atomic E-state index is 14.1. The minimum Gasteiger partial charge on any atom is -0.324 e. The minimum atomic E-state index is -0.970. The van der Waals surface area contributed by atoms with E-state index in [0.717, 1.165) is 11.0 Å². The number of anilines is 1. The van der Waals surface area contributed by atoms with E-state index in [9.17, 15) is 28.5 Å². The van der Waals surface area contributed by atoms with E-state index in [2.05, 4.69) is 5.32 Å². The molecule has 1 aliphatic rings. The van der Waals surface area contributed by atoms with Crippen molar-refractivity contribution in [1.29, 1.82) is 0 Å². The van der Waals surface area contributed by atoms with E-state index in [1.165, 1.54) is 54.6 Å². The smallest absolute Gasteiger partial charge is 0.288 e. The molecule has 0 aromatic heterocycles. The molecule has 0 saturated carbocycles. The highest BCUT2D eigenvalue weighted by Gasteiger charge is 2.35. The molecule has 162 valence electrons. The Morgan fingerprint density at radius 2 is 1.75 bits per heavy atom. The summed E-state index contributed by atoms with van der Waals surface area (Å²) in [6, 6.07) is 11.5. The number of nitro groups is 1. The number of hydrogen-bond acceptors (Lipinski definition) is 4. The lowest BCUT2D eigenvalue weighted by molar-refractivity contribution is -0.384. The largest absolute Gasteiger partial charge is 0.324 e. The van der Waals surface area contributed by atoms with Crippen molar-refractivity contribution in [2.45, 2.75) is 6.04 Å². The number of halogens is 3. The van der Waals surface area contributed by atoms with Gasteiger partial charge in [-0.05, 0) is 48.0 Å². The molecule has 4 rings (SSSR count). The van der Waals surface area contributed by atoms with Gasteiger partial charge in [0.05, 0.1) is 11.0 Å². The topological polar surface area (TPSA) is 92.5 Å². The normalized spacial score (nSPS) is 15.5. The zero-order valence-electron chi connectivity index (χ0n) is 16.2. The molecule has 32 heavy (non-hydrogen) atoms. The van der Waals surface area contributed by atoms with Crippen molar-refractivity contribution in [2.75, 3.05) is 11.9 Å². The number of hydrogen-bond donors (Lipinski definition) is 1. The highest BCUT2D eigenvalue weighted by Crippen LogP contribution is 2.37. The second kappa shape index (κ2) is 8.35. The van der Waals surface area contributed by atoms with Gasteiger partial charge in [0.15, 0.2) is 0 Å². The van der Waals surface area contributed by atoms with E-state index in [-0.39, 0.29) is 16.1 Å². The second-order valence-corrected chi connectivity index (χ2v) is 7.50. The van der Waals surface area contributed by atoms with Gasteiger partial charge in [-0.25, -0.2) is 8.78 Å². The summed E-state index contributed by atoms with van der Waals surface area (Å²) in [5.41, 5.74) is 0.441. The first-order valence-corrected chi connectivity index (χ1v) is 9.72. The number of fused-ring (bicyclic) bond motifs is 1. The number of nitrogens with one attached hydrogen (secondary N) is 1. The van der Waals surface area contributed by atoms with Crippen LogP contribution < -0.4 is 5.32 Å². The van der Waals surface area contributed by atoms with Gasteiger partial charge in [0.1, 0.15) is 23.2 Å². The molecule has 0 saturated heterocycles. The van der Waals surface area contributed by atoms with E-state index < -0.39 is 46.6 Å². The molecular weight excluding hydrogens is 444 g/mol. The van der Waals surface area contributed by atoms with Crippen LogP contribution in [0.15, 0.2) is 60.7 Å². The molecule has 7 nitrogen and oxygen atoms in total. The summed E-state index contributed by atoms with van der Waals surface area (Å²) in [5.74, 6) is -2.37. The molecule has 1 unspecified atom stereocenters. The van der Waals surface area contributed by atoms with Crippen LogP contribution in [0.1, 0.15) is 27.5 Å². The fraction of sp³-hybridized carbons (Fsp3) is 0.0909. The third-order valence-electron chi connectivity index (χ3n) is 5.04. The molecule has 1 aliphatic heterocycles. The molecule has 0 aliphatic carbocycles. The van der Waals surface area contributed by atoms with E-state index in [1.54, 1.807) is 0 Å². The van der Waals surface area contributed by atoms with Gasteiger partial charge in [-0.1, -0.05) is 23.7 Å². The Balaban J connectivity index is 1.89. The van der Waals surface area contributed by atoms with Crippen LogP contribution in [0.5, 0.6) is 0 Å². The molecule has 0 radical (unpaired) electrons. The maximum Gasteiger partial charge on any atom is 0.288 e. The van der Waals surface area contributed by atoms with E-state index >= 15 is 0 Å². The van der Waals surface area contributed by atoms with Crippen LogP contribution in [-0.2, 0) is 4.79 Å². The maximum absolute atomic E-state index is 14.1. The lowest BCUT2D eigenvalue weighted by Crippen LogP contribution is -2.39. The molecule has 1 heterocycles. The molecule has 0 fully saturated rings. The van der Waals surface area contributed by atoms with E-state index in [1.807, 2.05) is 0 Å². The highest BCUT2D eigenvalue weighted by molar-refractivity contribution is 6.32. The van der Waals surface area contributed by atoms with Gasteiger partial charge in [0.2, 0.25) is 5.91 Å². The van der Waals surface area contributed by atoms with E-state index in [0.29, 0.717) is 11.3 Å². The molecule has 3 aromatic carbocycles. The first-order chi connectivity index (χ1) is 15.2. The Hall–Kier alpha value is -3.85. The highest BCUT2D eigenvalue weighted by atomic mass is 35.5. The van der Waals surface area contributed by atoms with Crippen molar-refractivity contribution < 1.29 is 23.3 Å². The zero-order chi connectivity index (χ0) is 23.0. The molecule has 1 atom stereocenters. The van der Waals surface area contributed by atoms with Gasteiger partial charge < -0.3 is 10.2 Å². The van der Waals surface area contributed by atoms with Crippen LogP contribution >= 0.6 is 11.6 Å². The Bertz CT molecular complexity index is 1250. The van der Waals surface area contributed by atoms with Gasteiger partial charge in [-0.2, -0.15) is 0 Å². The van der Waals surface area contributed by atoms with Crippen molar-refractivity contribution in [3.8, 4) is 0 Å². The van der Waals surface area contributed by atoms with Crippen molar-refractivity contribution in [3.05, 3.63) is 104 Å². The van der Waals surface area contributed by atoms with Crippen LogP contribution in [0, 0.1) is 21.7 Å². The first kappa shape index (κ1) is 21.4. The predicted octanol–water partition coefficient (Wildman–Crippen LogP) is 4.71. The summed E-state index contributed by atoms with van der Waals surface area (Å²) in [5, 5.41) is 13.7. The zero-order valence-corrected chi connectivity index (χ0v) is 17.0. The van der Waals surface area contributed by atoms with Gasteiger partial charge in [-0.3, -0.25) is 19.7 Å².